The Morgan fingerprint density at radius 1 is 1.22 bits per heavy atom. The minimum Gasteiger partial charge on any atom is -0.497 e. The van der Waals surface area contributed by atoms with Crippen LogP contribution in [0.5, 0.6) is 5.75 Å². The summed E-state index contributed by atoms with van der Waals surface area (Å²) >= 11 is 0. The lowest BCUT2D eigenvalue weighted by atomic mass is 10.0. The van der Waals surface area contributed by atoms with Gasteiger partial charge in [0.1, 0.15) is 5.75 Å². The van der Waals surface area contributed by atoms with Crippen LogP contribution in [0.3, 0.4) is 0 Å². The lowest BCUT2D eigenvalue weighted by Crippen LogP contribution is -2.38. The molecule has 0 aliphatic heterocycles. The fraction of sp³-hybridized carbons (Fsp3) is 0.600. The van der Waals surface area contributed by atoms with E-state index >= 15 is 0 Å². The topological polar surface area (TPSA) is 30.5 Å². The summed E-state index contributed by atoms with van der Waals surface area (Å²) in [4.78, 5) is 0. The summed E-state index contributed by atoms with van der Waals surface area (Å²) in [7, 11) is 3.45. The Morgan fingerprint density at radius 3 is 2.61 bits per heavy atom. The summed E-state index contributed by atoms with van der Waals surface area (Å²) in [5.74, 6) is 1.50. The highest BCUT2D eigenvalue weighted by atomic mass is 16.5. The highest BCUT2D eigenvalue weighted by Crippen LogP contribution is 2.12. The fourth-order valence-corrected chi connectivity index (χ4v) is 1.90. The quantitative estimate of drug-likeness (QED) is 0.770. The number of nitrogens with one attached hydrogen (secondary N) is 1. The molecule has 0 saturated heterocycles. The number of rotatable bonds is 8. The zero-order valence-corrected chi connectivity index (χ0v) is 11.9. The largest absolute Gasteiger partial charge is 0.497 e. The number of methoxy groups -OCH3 is 2. The van der Waals surface area contributed by atoms with Gasteiger partial charge in [0, 0.05) is 13.2 Å². The van der Waals surface area contributed by atoms with Gasteiger partial charge in [-0.3, -0.25) is 0 Å². The first-order chi connectivity index (χ1) is 8.67. The molecule has 0 aliphatic rings. The summed E-state index contributed by atoms with van der Waals surface area (Å²) in [5.41, 5.74) is 1.29. The monoisotopic (exact) mass is 251 g/mol. The van der Waals surface area contributed by atoms with Gasteiger partial charge in [0.15, 0.2) is 0 Å². The molecule has 0 radical (unpaired) electrons. The summed E-state index contributed by atoms with van der Waals surface area (Å²) in [6.07, 6.45) is 1.00. The van der Waals surface area contributed by atoms with Gasteiger partial charge in [0.25, 0.3) is 0 Å². The molecule has 1 unspecified atom stereocenters. The lowest BCUT2D eigenvalue weighted by Gasteiger charge is -2.21. The molecule has 1 atom stereocenters. The average molecular weight is 251 g/mol. The van der Waals surface area contributed by atoms with E-state index in [-0.39, 0.29) is 0 Å². The van der Waals surface area contributed by atoms with Crippen LogP contribution in [0, 0.1) is 5.92 Å². The molecule has 3 nitrogen and oxygen atoms in total. The molecule has 1 aromatic carbocycles. The second-order valence-corrected chi connectivity index (χ2v) is 4.86. The van der Waals surface area contributed by atoms with Gasteiger partial charge < -0.3 is 14.8 Å². The first-order valence-corrected chi connectivity index (χ1v) is 6.52. The van der Waals surface area contributed by atoms with E-state index in [2.05, 4.69) is 31.3 Å². The van der Waals surface area contributed by atoms with Crippen LogP contribution in [0.25, 0.3) is 0 Å². The van der Waals surface area contributed by atoms with Crippen LogP contribution in [-0.4, -0.2) is 33.4 Å². The number of hydrogen-bond donors (Lipinski definition) is 1. The molecule has 0 aliphatic carbocycles. The lowest BCUT2D eigenvalue weighted by molar-refractivity contribution is 0.147. The zero-order valence-electron chi connectivity index (χ0n) is 11.9. The highest BCUT2D eigenvalue weighted by Gasteiger charge is 2.11. The van der Waals surface area contributed by atoms with Crippen molar-refractivity contribution in [3.05, 3.63) is 29.8 Å². The second-order valence-electron chi connectivity index (χ2n) is 4.86. The Balaban J connectivity index is 2.39. The van der Waals surface area contributed by atoms with E-state index in [1.807, 2.05) is 12.1 Å². The minimum atomic E-state index is 0.417. The van der Waals surface area contributed by atoms with Crippen molar-refractivity contribution in [3.8, 4) is 5.75 Å². The Morgan fingerprint density at radius 2 is 2.00 bits per heavy atom. The zero-order chi connectivity index (χ0) is 13.4. The van der Waals surface area contributed by atoms with Gasteiger partial charge in [-0.1, -0.05) is 26.0 Å². The Bertz CT molecular complexity index is 339. The summed E-state index contributed by atoms with van der Waals surface area (Å²) in [6.45, 7) is 6.14. The Kier molecular flexibility index (Phi) is 6.76. The van der Waals surface area contributed by atoms with Crippen molar-refractivity contribution in [1.29, 1.82) is 0 Å². The van der Waals surface area contributed by atoms with E-state index in [9.17, 15) is 0 Å². The van der Waals surface area contributed by atoms with Crippen LogP contribution in [0.1, 0.15) is 19.4 Å². The number of benzene rings is 1. The molecule has 0 spiro atoms. The van der Waals surface area contributed by atoms with Gasteiger partial charge >= 0.3 is 0 Å². The molecular weight excluding hydrogens is 226 g/mol. The first kappa shape index (κ1) is 15.0. The molecule has 0 amide bonds. The van der Waals surface area contributed by atoms with Crippen LogP contribution < -0.4 is 10.1 Å². The van der Waals surface area contributed by atoms with Gasteiger partial charge in [-0.25, -0.2) is 0 Å². The van der Waals surface area contributed by atoms with Crippen LogP contribution in [-0.2, 0) is 11.2 Å². The summed E-state index contributed by atoms with van der Waals surface area (Å²) < 4.78 is 10.4. The van der Waals surface area contributed by atoms with Crippen molar-refractivity contribution in [2.45, 2.75) is 26.3 Å². The number of ether oxygens (including phenoxy) is 2. The van der Waals surface area contributed by atoms with Crippen molar-refractivity contribution in [1.82, 2.24) is 5.32 Å². The van der Waals surface area contributed by atoms with Crippen molar-refractivity contribution in [2.75, 3.05) is 27.4 Å². The normalized spacial score (nSPS) is 12.7. The molecule has 3 heteroatoms. The first-order valence-electron chi connectivity index (χ1n) is 6.52. The highest BCUT2D eigenvalue weighted by molar-refractivity contribution is 5.28. The summed E-state index contributed by atoms with van der Waals surface area (Å²) in [6, 6.07) is 8.63. The molecule has 0 bridgehead atoms. The molecule has 1 aromatic rings. The second kappa shape index (κ2) is 8.11. The van der Waals surface area contributed by atoms with Gasteiger partial charge in [0.05, 0.1) is 13.7 Å². The fourth-order valence-electron chi connectivity index (χ4n) is 1.90. The third kappa shape index (κ3) is 5.07. The van der Waals surface area contributed by atoms with Gasteiger partial charge in [0.2, 0.25) is 0 Å². The predicted molar refractivity (Wildman–Crippen MR) is 75.2 cm³/mol. The van der Waals surface area contributed by atoms with E-state index in [1.54, 1.807) is 14.2 Å². The van der Waals surface area contributed by atoms with Crippen LogP contribution in [0.15, 0.2) is 24.3 Å². The maximum absolute atomic E-state index is 5.22. The van der Waals surface area contributed by atoms with E-state index in [1.165, 1.54) is 5.56 Å². The third-order valence-electron chi connectivity index (χ3n) is 3.11. The molecule has 1 rings (SSSR count). The third-order valence-corrected chi connectivity index (χ3v) is 3.11. The maximum atomic E-state index is 5.22. The molecule has 0 saturated carbocycles. The molecule has 0 fully saturated rings. The van der Waals surface area contributed by atoms with Crippen molar-refractivity contribution >= 4 is 0 Å². The van der Waals surface area contributed by atoms with Crippen molar-refractivity contribution < 1.29 is 9.47 Å². The Hall–Kier alpha value is -1.06. The van der Waals surface area contributed by atoms with Gasteiger partial charge in [-0.2, -0.15) is 0 Å². The molecular formula is C15H25NO2. The van der Waals surface area contributed by atoms with E-state index < -0.39 is 0 Å². The summed E-state index contributed by atoms with van der Waals surface area (Å²) in [5, 5.41) is 3.54. The van der Waals surface area contributed by atoms with Crippen LogP contribution >= 0.6 is 0 Å². The van der Waals surface area contributed by atoms with Crippen LogP contribution in [0.4, 0.5) is 0 Å². The standard InChI is InChI=1S/C15H25NO2/c1-12(2)15(11-17-3)16-9-8-13-6-5-7-14(10-13)18-4/h5-7,10,12,15-16H,8-9,11H2,1-4H3. The smallest absolute Gasteiger partial charge is 0.119 e. The van der Waals surface area contributed by atoms with E-state index in [0.717, 1.165) is 25.3 Å². The van der Waals surface area contributed by atoms with Crippen molar-refractivity contribution in [2.24, 2.45) is 5.92 Å². The molecule has 102 valence electrons. The average Bonchev–Trinajstić information content (AvgIpc) is 2.38. The van der Waals surface area contributed by atoms with E-state index in [0.29, 0.717) is 12.0 Å². The Labute approximate surface area is 110 Å². The predicted octanol–water partition coefficient (Wildman–Crippen LogP) is 2.50. The SMILES string of the molecule is COCC(NCCc1cccc(OC)c1)C(C)C. The molecule has 0 heterocycles. The van der Waals surface area contributed by atoms with Gasteiger partial charge in [-0.15, -0.1) is 0 Å². The van der Waals surface area contributed by atoms with E-state index in [4.69, 9.17) is 9.47 Å². The maximum Gasteiger partial charge on any atom is 0.119 e. The number of hydrogen-bond acceptors (Lipinski definition) is 3. The van der Waals surface area contributed by atoms with Crippen molar-refractivity contribution in [3.63, 3.8) is 0 Å². The van der Waals surface area contributed by atoms with Crippen LogP contribution in [0.2, 0.25) is 0 Å². The molecule has 1 N–H and O–H groups in total. The molecule has 18 heavy (non-hydrogen) atoms. The van der Waals surface area contributed by atoms with Gasteiger partial charge in [-0.05, 0) is 36.6 Å². The minimum absolute atomic E-state index is 0.417. The molecule has 0 aromatic heterocycles.